The third kappa shape index (κ3) is 4.92. The maximum atomic E-state index is 11.9. The number of rotatable bonds is 6. The molecular weight excluding hydrogens is 316 g/mol. The minimum atomic E-state index is -0.704. The predicted molar refractivity (Wildman–Crippen MR) is 98.5 cm³/mol. The van der Waals surface area contributed by atoms with Crippen LogP contribution in [-0.2, 0) is 11.3 Å². The molecule has 1 heterocycles. The highest BCUT2D eigenvalue weighted by Gasteiger charge is 2.41. The number of carboxylic acid groups (broad SMARTS) is 1. The van der Waals surface area contributed by atoms with E-state index in [1.54, 1.807) is 7.05 Å². The standard InChI is InChI=1S/C20H28N2O3/c1-15(2)9-11-20(19(24)25)10-4-12-22(14-20)13-16-5-7-17(8-6-16)18(23)21-3/h5-9H,4,10-14H2,1-3H3,(H,21,23)(H,24,25)/t20-/m0/s1. The van der Waals surface area contributed by atoms with Crippen molar-refractivity contribution >= 4 is 11.9 Å². The van der Waals surface area contributed by atoms with Crippen molar-refractivity contribution in [2.45, 2.75) is 39.7 Å². The summed E-state index contributed by atoms with van der Waals surface area (Å²) in [6.07, 6.45) is 4.23. The lowest BCUT2D eigenvalue weighted by molar-refractivity contribution is -0.152. The lowest BCUT2D eigenvalue weighted by Crippen LogP contribution is -2.47. The number of benzene rings is 1. The molecule has 1 amide bonds. The number of nitrogens with zero attached hydrogens (tertiary/aromatic N) is 1. The van der Waals surface area contributed by atoms with Gasteiger partial charge in [-0.2, -0.15) is 0 Å². The maximum Gasteiger partial charge on any atom is 0.311 e. The number of likely N-dealkylation sites (tertiary alicyclic amines) is 1. The summed E-state index contributed by atoms with van der Waals surface area (Å²) in [6, 6.07) is 7.51. The SMILES string of the molecule is CNC(=O)c1ccc(CN2CCC[C@@](CC=C(C)C)(C(=O)O)C2)cc1. The van der Waals surface area contributed by atoms with Gasteiger partial charge in [0, 0.05) is 25.7 Å². The van der Waals surface area contributed by atoms with Crippen molar-refractivity contribution < 1.29 is 14.7 Å². The minimum Gasteiger partial charge on any atom is -0.481 e. The van der Waals surface area contributed by atoms with E-state index < -0.39 is 11.4 Å². The molecule has 1 aromatic rings. The Balaban J connectivity index is 2.08. The highest BCUT2D eigenvalue weighted by atomic mass is 16.4. The molecule has 1 saturated heterocycles. The van der Waals surface area contributed by atoms with Crippen molar-refractivity contribution in [2.75, 3.05) is 20.1 Å². The van der Waals surface area contributed by atoms with Gasteiger partial charge in [-0.25, -0.2) is 0 Å². The Morgan fingerprint density at radius 3 is 2.52 bits per heavy atom. The Bertz CT molecular complexity index is 647. The molecule has 0 aliphatic carbocycles. The highest BCUT2D eigenvalue weighted by molar-refractivity contribution is 5.93. The average molecular weight is 344 g/mol. The molecule has 5 heteroatoms. The Kier molecular flexibility index (Phi) is 6.37. The van der Waals surface area contributed by atoms with Gasteiger partial charge in [0.1, 0.15) is 0 Å². The number of amides is 1. The van der Waals surface area contributed by atoms with Crippen molar-refractivity contribution in [3.8, 4) is 0 Å². The molecule has 1 atom stereocenters. The van der Waals surface area contributed by atoms with E-state index in [-0.39, 0.29) is 5.91 Å². The van der Waals surface area contributed by atoms with E-state index >= 15 is 0 Å². The molecule has 1 aliphatic rings. The van der Waals surface area contributed by atoms with Gasteiger partial charge in [-0.05, 0) is 57.4 Å². The number of allylic oxidation sites excluding steroid dienone is 2. The maximum absolute atomic E-state index is 11.9. The fourth-order valence-corrected chi connectivity index (χ4v) is 3.35. The summed E-state index contributed by atoms with van der Waals surface area (Å²) in [4.78, 5) is 25.8. The Morgan fingerprint density at radius 2 is 1.96 bits per heavy atom. The first-order valence-corrected chi connectivity index (χ1v) is 8.76. The van der Waals surface area contributed by atoms with E-state index in [2.05, 4.69) is 10.2 Å². The van der Waals surface area contributed by atoms with Gasteiger partial charge in [0.15, 0.2) is 0 Å². The number of carboxylic acids is 1. The molecule has 0 aromatic heterocycles. The molecular formula is C20H28N2O3. The van der Waals surface area contributed by atoms with Gasteiger partial charge in [-0.3, -0.25) is 14.5 Å². The minimum absolute atomic E-state index is 0.101. The average Bonchev–Trinajstić information content (AvgIpc) is 2.60. The number of carbonyl (C=O) groups excluding carboxylic acids is 1. The van der Waals surface area contributed by atoms with Crippen LogP contribution < -0.4 is 5.32 Å². The van der Waals surface area contributed by atoms with Crippen LogP contribution >= 0.6 is 0 Å². The Hall–Kier alpha value is -2.14. The fourth-order valence-electron chi connectivity index (χ4n) is 3.35. The summed E-state index contributed by atoms with van der Waals surface area (Å²) in [5, 5.41) is 12.4. The molecule has 136 valence electrons. The molecule has 0 saturated carbocycles. The molecule has 0 unspecified atom stereocenters. The van der Waals surface area contributed by atoms with E-state index in [0.29, 0.717) is 25.1 Å². The van der Waals surface area contributed by atoms with Gasteiger partial charge >= 0.3 is 5.97 Å². The van der Waals surface area contributed by atoms with Gasteiger partial charge in [0.2, 0.25) is 0 Å². The first-order valence-electron chi connectivity index (χ1n) is 8.76. The van der Waals surface area contributed by atoms with Crippen molar-refractivity contribution in [1.29, 1.82) is 0 Å². The Labute approximate surface area is 149 Å². The first kappa shape index (κ1) is 19.2. The summed E-state index contributed by atoms with van der Waals surface area (Å²) in [7, 11) is 1.61. The third-order valence-electron chi connectivity index (χ3n) is 4.86. The summed E-state index contributed by atoms with van der Waals surface area (Å²) < 4.78 is 0. The molecule has 5 nitrogen and oxygen atoms in total. The number of nitrogens with one attached hydrogen (secondary N) is 1. The van der Waals surface area contributed by atoms with E-state index in [9.17, 15) is 14.7 Å². The zero-order valence-electron chi connectivity index (χ0n) is 15.3. The van der Waals surface area contributed by atoms with Crippen molar-refractivity contribution in [1.82, 2.24) is 10.2 Å². The number of aliphatic carboxylic acids is 1. The monoisotopic (exact) mass is 344 g/mol. The summed E-state index contributed by atoms with van der Waals surface area (Å²) >= 11 is 0. The largest absolute Gasteiger partial charge is 0.481 e. The van der Waals surface area contributed by atoms with Crippen molar-refractivity contribution in [3.63, 3.8) is 0 Å². The number of hydrogen-bond donors (Lipinski definition) is 2. The lowest BCUT2D eigenvalue weighted by Gasteiger charge is -2.39. The second kappa shape index (κ2) is 8.30. The van der Waals surface area contributed by atoms with Crippen LogP contribution in [0.15, 0.2) is 35.9 Å². The first-order chi connectivity index (χ1) is 11.9. The second-order valence-electron chi connectivity index (χ2n) is 7.16. The van der Waals surface area contributed by atoms with Crippen LogP contribution in [0.1, 0.15) is 49.0 Å². The van der Waals surface area contributed by atoms with Crippen LogP contribution in [0.2, 0.25) is 0 Å². The van der Waals surface area contributed by atoms with E-state index in [1.165, 1.54) is 0 Å². The molecule has 1 aliphatic heterocycles. The molecule has 2 rings (SSSR count). The summed E-state index contributed by atoms with van der Waals surface area (Å²) in [5.41, 5.74) is 2.18. The number of piperidine rings is 1. The zero-order chi connectivity index (χ0) is 18.4. The molecule has 0 spiro atoms. The quantitative estimate of drug-likeness (QED) is 0.778. The van der Waals surface area contributed by atoms with Crippen LogP contribution in [0.5, 0.6) is 0 Å². The van der Waals surface area contributed by atoms with Gasteiger partial charge < -0.3 is 10.4 Å². The van der Waals surface area contributed by atoms with E-state index in [1.807, 2.05) is 44.2 Å². The smallest absolute Gasteiger partial charge is 0.311 e. The normalized spacial score (nSPS) is 20.8. The van der Waals surface area contributed by atoms with E-state index in [4.69, 9.17) is 0 Å². The molecule has 0 radical (unpaired) electrons. The topological polar surface area (TPSA) is 69.6 Å². The van der Waals surface area contributed by atoms with Crippen LogP contribution in [0.25, 0.3) is 0 Å². The summed E-state index contributed by atoms with van der Waals surface area (Å²) in [6.45, 7) is 6.18. The van der Waals surface area contributed by atoms with Crippen molar-refractivity contribution in [3.05, 3.63) is 47.0 Å². The van der Waals surface area contributed by atoms with Gasteiger partial charge in [0.25, 0.3) is 5.91 Å². The van der Waals surface area contributed by atoms with Gasteiger partial charge in [-0.15, -0.1) is 0 Å². The lowest BCUT2D eigenvalue weighted by atomic mass is 9.76. The second-order valence-corrected chi connectivity index (χ2v) is 7.16. The van der Waals surface area contributed by atoms with E-state index in [0.717, 1.165) is 30.5 Å². The Morgan fingerprint density at radius 1 is 1.28 bits per heavy atom. The van der Waals surface area contributed by atoms with Crippen LogP contribution in [-0.4, -0.2) is 42.0 Å². The fraction of sp³-hybridized carbons (Fsp3) is 0.500. The van der Waals surface area contributed by atoms with Crippen LogP contribution in [0.3, 0.4) is 0 Å². The molecule has 25 heavy (non-hydrogen) atoms. The van der Waals surface area contributed by atoms with Gasteiger partial charge in [0.05, 0.1) is 5.41 Å². The van der Waals surface area contributed by atoms with Crippen LogP contribution in [0.4, 0.5) is 0 Å². The zero-order valence-corrected chi connectivity index (χ0v) is 15.3. The van der Waals surface area contributed by atoms with Crippen LogP contribution in [0, 0.1) is 5.41 Å². The summed E-state index contributed by atoms with van der Waals surface area (Å²) in [5.74, 6) is -0.805. The van der Waals surface area contributed by atoms with Crippen molar-refractivity contribution in [2.24, 2.45) is 5.41 Å². The van der Waals surface area contributed by atoms with Gasteiger partial charge in [-0.1, -0.05) is 23.8 Å². The molecule has 2 N–H and O–H groups in total. The molecule has 0 bridgehead atoms. The third-order valence-corrected chi connectivity index (χ3v) is 4.86. The molecule has 1 fully saturated rings. The number of hydrogen-bond acceptors (Lipinski definition) is 3. The molecule has 1 aromatic carbocycles. The highest BCUT2D eigenvalue weighted by Crippen LogP contribution is 2.35. The number of carbonyl (C=O) groups is 2. The predicted octanol–water partition coefficient (Wildman–Crippen LogP) is 3.07.